The van der Waals surface area contributed by atoms with E-state index in [2.05, 4.69) is 29.8 Å². The number of hydrogen-bond acceptors (Lipinski definition) is 1. The van der Waals surface area contributed by atoms with E-state index >= 15 is 0 Å². The topological polar surface area (TPSA) is 41.8 Å². The molecule has 0 unspecified atom stereocenters. The van der Waals surface area contributed by atoms with Gasteiger partial charge < -0.3 is 10.7 Å². The van der Waals surface area contributed by atoms with Crippen molar-refractivity contribution >= 4 is 10.9 Å². The zero-order chi connectivity index (χ0) is 9.97. The van der Waals surface area contributed by atoms with E-state index in [0.717, 1.165) is 17.6 Å². The number of nitrogens with one attached hydrogen (secondary N) is 1. The Hall–Kier alpha value is -1.54. The van der Waals surface area contributed by atoms with E-state index in [0.29, 0.717) is 0 Å². The van der Waals surface area contributed by atoms with E-state index in [1.54, 1.807) is 0 Å². The fourth-order valence-electron chi connectivity index (χ4n) is 1.60. The van der Waals surface area contributed by atoms with Crippen LogP contribution in [0.3, 0.4) is 0 Å². The number of aromatic nitrogens is 1. The SMILES string of the molecule is C=CC[C@@H](N)c1cc2ccccc2[nH]1. The number of fused-ring (bicyclic) bond motifs is 1. The van der Waals surface area contributed by atoms with Gasteiger partial charge in [-0.2, -0.15) is 0 Å². The highest BCUT2D eigenvalue weighted by molar-refractivity contribution is 5.80. The van der Waals surface area contributed by atoms with Crippen molar-refractivity contribution in [1.29, 1.82) is 0 Å². The summed E-state index contributed by atoms with van der Waals surface area (Å²) in [6.45, 7) is 3.69. The predicted octanol–water partition coefficient (Wildman–Crippen LogP) is 2.74. The average Bonchev–Trinajstić information content (AvgIpc) is 2.61. The summed E-state index contributed by atoms with van der Waals surface area (Å²) < 4.78 is 0. The normalized spacial score (nSPS) is 12.9. The third kappa shape index (κ3) is 1.56. The zero-order valence-electron chi connectivity index (χ0n) is 8.03. The third-order valence-electron chi connectivity index (χ3n) is 2.37. The summed E-state index contributed by atoms with van der Waals surface area (Å²) in [6.07, 6.45) is 2.64. The molecule has 14 heavy (non-hydrogen) atoms. The van der Waals surface area contributed by atoms with Crippen LogP contribution in [0.2, 0.25) is 0 Å². The second-order valence-corrected chi connectivity index (χ2v) is 3.44. The summed E-state index contributed by atoms with van der Waals surface area (Å²) in [6, 6.07) is 10.3. The maximum Gasteiger partial charge on any atom is 0.0482 e. The van der Waals surface area contributed by atoms with Crippen LogP contribution in [-0.4, -0.2) is 4.98 Å². The second-order valence-electron chi connectivity index (χ2n) is 3.44. The molecule has 72 valence electrons. The summed E-state index contributed by atoms with van der Waals surface area (Å²) in [4.78, 5) is 3.31. The summed E-state index contributed by atoms with van der Waals surface area (Å²) in [7, 11) is 0. The van der Waals surface area contributed by atoms with Crippen LogP contribution in [-0.2, 0) is 0 Å². The molecule has 0 spiro atoms. The molecular formula is C12H14N2. The lowest BCUT2D eigenvalue weighted by atomic mass is 10.1. The number of H-pyrrole nitrogens is 1. The number of hydrogen-bond donors (Lipinski definition) is 2. The second kappa shape index (κ2) is 3.68. The van der Waals surface area contributed by atoms with Crippen LogP contribution < -0.4 is 5.73 Å². The van der Waals surface area contributed by atoms with Gasteiger partial charge in [0, 0.05) is 17.3 Å². The van der Waals surface area contributed by atoms with Crippen LogP contribution in [0.15, 0.2) is 43.0 Å². The van der Waals surface area contributed by atoms with Gasteiger partial charge in [-0.15, -0.1) is 6.58 Å². The lowest BCUT2D eigenvalue weighted by Crippen LogP contribution is -2.08. The third-order valence-corrected chi connectivity index (χ3v) is 2.37. The number of benzene rings is 1. The molecule has 0 radical (unpaired) electrons. The molecule has 1 atom stereocenters. The highest BCUT2D eigenvalue weighted by Gasteiger charge is 2.06. The van der Waals surface area contributed by atoms with Gasteiger partial charge in [0.1, 0.15) is 0 Å². The van der Waals surface area contributed by atoms with Crippen molar-refractivity contribution in [2.24, 2.45) is 5.73 Å². The Kier molecular flexibility index (Phi) is 2.37. The Labute approximate surface area is 83.4 Å². The van der Waals surface area contributed by atoms with Crippen LogP contribution in [0.25, 0.3) is 10.9 Å². The minimum absolute atomic E-state index is 0.0277. The van der Waals surface area contributed by atoms with E-state index in [9.17, 15) is 0 Å². The Morgan fingerprint density at radius 2 is 2.21 bits per heavy atom. The molecule has 1 aromatic carbocycles. The van der Waals surface area contributed by atoms with Crippen molar-refractivity contribution in [2.75, 3.05) is 0 Å². The van der Waals surface area contributed by atoms with Gasteiger partial charge >= 0.3 is 0 Å². The van der Waals surface area contributed by atoms with E-state index in [1.165, 1.54) is 5.39 Å². The number of aromatic amines is 1. The molecule has 0 saturated carbocycles. The van der Waals surface area contributed by atoms with Gasteiger partial charge in [0.15, 0.2) is 0 Å². The monoisotopic (exact) mass is 186 g/mol. The Bertz CT molecular complexity index is 409. The highest BCUT2D eigenvalue weighted by atomic mass is 14.8. The molecule has 0 aliphatic carbocycles. The maximum atomic E-state index is 5.97. The lowest BCUT2D eigenvalue weighted by Gasteiger charge is -2.04. The largest absolute Gasteiger partial charge is 0.357 e. The Morgan fingerprint density at radius 1 is 1.43 bits per heavy atom. The molecule has 0 amide bonds. The van der Waals surface area contributed by atoms with Crippen molar-refractivity contribution in [3.8, 4) is 0 Å². The number of rotatable bonds is 3. The molecular weight excluding hydrogens is 172 g/mol. The van der Waals surface area contributed by atoms with Gasteiger partial charge in [0.05, 0.1) is 0 Å². The standard InChI is InChI=1S/C12H14N2/c1-2-5-10(13)12-8-9-6-3-4-7-11(9)14-12/h2-4,6-8,10,14H,1,5,13H2/t10-/m1/s1. The fraction of sp³-hybridized carbons (Fsp3) is 0.167. The minimum atomic E-state index is 0.0277. The summed E-state index contributed by atoms with van der Waals surface area (Å²) >= 11 is 0. The number of para-hydroxylation sites is 1. The Balaban J connectivity index is 2.39. The van der Waals surface area contributed by atoms with Crippen LogP contribution in [0, 0.1) is 0 Å². The van der Waals surface area contributed by atoms with Crippen molar-refractivity contribution in [3.05, 3.63) is 48.7 Å². The van der Waals surface area contributed by atoms with Crippen LogP contribution in [0.4, 0.5) is 0 Å². The average molecular weight is 186 g/mol. The molecule has 3 N–H and O–H groups in total. The minimum Gasteiger partial charge on any atom is -0.357 e. The summed E-state index contributed by atoms with van der Waals surface area (Å²) in [5.41, 5.74) is 8.18. The summed E-state index contributed by atoms with van der Waals surface area (Å²) in [5, 5.41) is 1.21. The smallest absolute Gasteiger partial charge is 0.0482 e. The van der Waals surface area contributed by atoms with Gasteiger partial charge in [-0.25, -0.2) is 0 Å². The lowest BCUT2D eigenvalue weighted by molar-refractivity contribution is 0.722. The van der Waals surface area contributed by atoms with Gasteiger partial charge in [0.25, 0.3) is 0 Å². The first-order chi connectivity index (χ1) is 6.81. The molecule has 0 bridgehead atoms. The van der Waals surface area contributed by atoms with Crippen LogP contribution >= 0.6 is 0 Å². The van der Waals surface area contributed by atoms with Crippen LogP contribution in [0.1, 0.15) is 18.2 Å². The molecule has 2 heteroatoms. The van der Waals surface area contributed by atoms with Gasteiger partial charge in [-0.1, -0.05) is 24.3 Å². The van der Waals surface area contributed by atoms with Gasteiger partial charge in [-0.05, 0) is 23.9 Å². The van der Waals surface area contributed by atoms with Crippen molar-refractivity contribution < 1.29 is 0 Å². The molecule has 2 aromatic rings. The molecule has 2 rings (SSSR count). The molecule has 1 heterocycles. The molecule has 0 aliphatic heterocycles. The quantitative estimate of drug-likeness (QED) is 0.711. The fourth-order valence-corrected chi connectivity index (χ4v) is 1.60. The Morgan fingerprint density at radius 3 is 2.93 bits per heavy atom. The first-order valence-electron chi connectivity index (χ1n) is 4.75. The highest BCUT2D eigenvalue weighted by Crippen LogP contribution is 2.20. The zero-order valence-corrected chi connectivity index (χ0v) is 8.03. The predicted molar refractivity (Wildman–Crippen MR) is 60.0 cm³/mol. The molecule has 2 nitrogen and oxygen atoms in total. The molecule has 0 aliphatic rings. The van der Waals surface area contributed by atoms with E-state index in [1.807, 2.05) is 18.2 Å². The molecule has 0 saturated heterocycles. The maximum absolute atomic E-state index is 5.97. The van der Waals surface area contributed by atoms with E-state index < -0.39 is 0 Å². The van der Waals surface area contributed by atoms with Crippen molar-refractivity contribution in [1.82, 2.24) is 4.98 Å². The van der Waals surface area contributed by atoms with E-state index in [-0.39, 0.29) is 6.04 Å². The number of nitrogens with two attached hydrogens (primary N) is 1. The van der Waals surface area contributed by atoms with Gasteiger partial charge in [0.2, 0.25) is 0 Å². The molecule has 1 aromatic heterocycles. The van der Waals surface area contributed by atoms with Crippen LogP contribution in [0.5, 0.6) is 0 Å². The summed E-state index contributed by atoms with van der Waals surface area (Å²) in [5.74, 6) is 0. The van der Waals surface area contributed by atoms with Gasteiger partial charge in [-0.3, -0.25) is 0 Å². The molecule has 0 fully saturated rings. The first-order valence-corrected chi connectivity index (χ1v) is 4.75. The van der Waals surface area contributed by atoms with Crippen molar-refractivity contribution in [3.63, 3.8) is 0 Å². The first kappa shape index (κ1) is 9.03. The van der Waals surface area contributed by atoms with E-state index in [4.69, 9.17) is 5.73 Å². The van der Waals surface area contributed by atoms with Crippen molar-refractivity contribution in [2.45, 2.75) is 12.5 Å².